The van der Waals surface area contributed by atoms with Gasteiger partial charge < -0.3 is 14.1 Å². The van der Waals surface area contributed by atoms with Gasteiger partial charge in [-0.15, -0.1) is 5.10 Å². The molecule has 5 aromatic heterocycles. The topological polar surface area (TPSA) is 77.3 Å². The second-order valence-corrected chi connectivity index (χ2v) is 8.58. The Morgan fingerprint density at radius 1 is 1.06 bits per heavy atom. The van der Waals surface area contributed by atoms with Crippen LogP contribution in [0.15, 0.2) is 49.3 Å². The molecule has 10 heteroatoms. The van der Waals surface area contributed by atoms with E-state index >= 15 is 0 Å². The van der Waals surface area contributed by atoms with Crippen LogP contribution < -0.4 is 5.32 Å². The Hall–Kier alpha value is -3.30. The minimum absolute atomic E-state index is 0.0814. The van der Waals surface area contributed by atoms with Crippen LogP contribution in [0.3, 0.4) is 0 Å². The summed E-state index contributed by atoms with van der Waals surface area (Å²) in [7, 11) is 0. The molecular weight excluding hydrogens is 455 g/mol. The van der Waals surface area contributed by atoms with Crippen LogP contribution in [0.1, 0.15) is 55.3 Å². The molecule has 34 heavy (non-hydrogen) atoms. The summed E-state index contributed by atoms with van der Waals surface area (Å²) in [6.07, 6.45) is 11.9. The second-order valence-electron chi connectivity index (χ2n) is 8.17. The summed E-state index contributed by atoms with van der Waals surface area (Å²) in [4.78, 5) is 8.96. The molecule has 0 spiro atoms. The first-order valence-electron chi connectivity index (χ1n) is 11.5. The average molecular weight is 481 g/mol. The van der Waals surface area contributed by atoms with Crippen LogP contribution in [0.5, 0.6) is 0 Å². The summed E-state index contributed by atoms with van der Waals surface area (Å²) in [5, 5.41) is 11.8. The van der Waals surface area contributed by atoms with Crippen molar-refractivity contribution in [1.29, 1.82) is 0 Å². The number of nitrogens with zero attached hydrogens (tertiary/aromatic N) is 7. The van der Waals surface area contributed by atoms with Gasteiger partial charge >= 0.3 is 0 Å². The molecule has 176 valence electrons. The fraction of sp³-hybridized carbons (Fsp3) is 0.333. The van der Waals surface area contributed by atoms with Crippen LogP contribution in [0.4, 0.5) is 4.39 Å². The standard InChI is InChI=1S/C22H20ClFN8.C2H6/c23-18-5-6-30-13-26-19(22(30)21(18)24)8-25-7-16-11-32(29-28-16)12-17-10-31-9-15(14-1-2-14)3-4-20(31)27-17;1-2/h3-6,9-11,13-14,25H,1-2,7-8,12H2;1-2H3. The summed E-state index contributed by atoms with van der Waals surface area (Å²) >= 11 is 5.90. The van der Waals surface area contributed by atoms with Crippen LogP contribution >= 0.6 is 11.6 Å². The summed E-state index contributed by atoms with van der Waals surface area (Å²) in [5.41, 5.74) is 5.00. The van der Waals surface area contributed by atoms with E-state index in [2.05, 4.69) is 48.3 Å². The highest BCUT2D eigenvalue weighted by Crippen LogP contribution is 2.39. The number of aromatic nitrogens is 7. The highest BCUT2D eigenvalue weighted by molar-refractivity contribution is 6.31. The minimum Gasteiger partial charge on any atom is -0.306 e. The van der Waals surface area contributed by atoms with Crippen LogP contribution in [0.25, 0.3) is 11.2 Å². The zero-order valence-electron chi connectivity index (χ0n) is 19.1. The smallest absolute Gasteiger partial charge is 0.167 e. The quantitative estimate of drug-likeness (QED) is 0.368. The summed E-state index contributed by atoms with van der Waals surface area (Å²) in [5.74, 6) is 0.246. The summed E-state index contributed by atoms with van der Waals surface area (Å²) in [6, 6.07) is 5.76. The lowest BCUT2D eigenvalue weighted by atomic mass is 10.2. The van der Waals surface area contributed by atoms with Crippen molar-refractivity contribution >= 4 is 22.8 Å². The number of fused-ring (bicyclic) bond motifs is 2. The fourth-order valence-electron chi connectivity index (χ4n) is 3.98. The molecule has 1 fully saturated rings. The van der Waals surface area contributed by atoms with Crippen molar-refractivity contribution in [2.75, 3.05) is 0 Å². The number of pyridine rings is 2. The third-order valence-corrected chi connectivity index (χ3v) is 6.04. The Morgan fingerprint density at radius 2 is 1.91 bits per heavy atom. The van der Waals surface area contributed by atoms with Crippen molar-refractivity contribution in [3.8, 4) is 0 Å². The zero-order chi connectivity index (χ0) is 23.7. The van der Waals surface area contributed by atoms with E-state index in [4.69, 9.17) is 11.6 Å². The normalized spacial score (nSPS) is 13.4. The Kier molecular flexibility index (Phi) is 6.30. The van der Waals surface area contributed by atoms with Crippen LogP contribution in [-0.2, 0) is 19.6 Å². The largest absolute Gasteiger partial charge is 0.306 e. The lowest BCUT2D eigenvalue weighted by Crippen LogP contribution is -2.13. The number of hydrogen-bond donors (Lipinski definition) is 1. The maximum absolute atomic E-state index is 14.3. The Morgan fingerprint density at radius 3 is 2.74 bits per heavy atom. The Balaban J connectivity index is 0.00000117. The molecule has 0 unspecified atom stereocenters. The lowest BCUT2D eigenvalue weighted by Gasteiger charge is -2.03. The molecule has 1 saturated carbocycles. The third-order valence-electron chi connectivity index (χ3n) is 5.75. The number of imidazole rings is 2. The first-order chi connectivity index (χ1) is 16.6. The average Bonchev–Trinajstić information content (AvgIpc) is 3.27. The van der Waals surface area contributed by atoms with Gasteiger partial charge in [0.1, 0.15) is 11.2 Å². The lowest BCUT2D eigenvalue weighted by molar-refractivity contribution is 0.627. The van der Waals surface area contributed by atoms with E-state index < -0.39 is 5.82 Å². The van der Waals surface area contributed by atoms with Gasteiger partial charge in [0.25, 0.3) is 0 Å². The van der Waals surface area contributed by atoms with E-state index in [9.17, 15) is 4.39 Å². The first kappa shape index (κ1) is 22.5. The molecule has 8 nitrogen and oxygen atoms in total. The molecular formula is C24H26ClFN8. The molecule has 0 amide bonds. The third kappa shape index (κ3) is 4.53. The summed E-state index contributed by atoms with van der Waals surface area (Å²) < 4.78 is 19.8. The van der Waals surface area contributed by atoms with Crippen molar-refractivity contribution in [2.45, 2.75) is 52.2 Å². The van der Waals surface area contributed by atoms with E-state index in [-0.39, 0.29) is 5.02 Å². The number of hydrogen-bond acceptors (Lipinski definition) is 5. The number of rotatable bonds is 7. The SMILES string of the molecule is CC.Fc1c(Cl)ccn2cnc(CNCc3cn(Cc4cn5cc(C6CC6)ccc5n4)nn3)c12. The molecule has 1 N–H and O–H groups in total. The van der Waals surface area contributed by atoms with Crippen LogP contribution in [-0.4, -0.2) is 33.8 Å². The monoisotopic (exact) mass is 480 g/mol. The predicted molar refractivity (Wildman–Crippen MR) is 128 cm³/mol. The van der Waals surface area contributed by atoms with Crippen molar-refractivity contribution in [3.63, 3.8) is 0 Å². The summed E-state index contributed by atoms with van der Waals surface area (Å²) in [6.45, 7) is 5.41. The Labute approximate surface area is 201 Å². The van der Waals surface area contributed by atoms with Gasteiger partial charge in [0.2, 0.25) is 0 Å². The van der Waals surface area contributed by atoms with Gasteiger partial charge in [-0.2, -0.15) is 0 Å². The van der Waals surface area contributed by atoms with Gasteiger partial charge in [-0.25, -0.2) is 19.0 Å². The van der Waals surface area contributed by atoms with Gasteiger partial charge in [-0.1, -0.05) is 36.7 Å². The van der Waals surface area contributed by atoms with E-state index in [1.165, 1.54) is 24.5 Å². The molecule has 1 aliphatic carbocycles. The Bertz CT molecular complexity index is 1430. The van der Waals surface area contributed by atoms with Gasteiger partial charge in [0.15, 0.2) is 5.82 Å². The molecule has 0 aliphatic heterocycles. The van der Waals surface area contributed by atoms with E-state index in [1.807, 2.05) is 26.2 Å². The maximum Gasteiger partial charge on any atom is 0.167 e. The van der Waals surface area contributed by atoms with Crippen LogP contribution in [0, 0.1) is 5.82 Å². The molecule has 5 heterocycles. The molecule has 0 atom stereocenters. The molecule has 6 rings (SSSR count). The van der Waals surface area contributed by atoms with Gasteiger partial charge in [0.05, 0.1) is 41.2 Å². The van der Waals surface area contributed by atoms with Gasteiger partial charge in [-0.3, -0.25) is 0 Å². The highest BCUT2D eigenvalue weighted by atomic mass is 35.5. The first-order valence-corrected chi connectivity index (χ1v) is 11.9. The molecule has 0 aromatic carbocycles. The predicted octanol–water partition coefficient (Wildman–Crippen LogP) is 4.61. The molecule has 0 radical (unpaired) electrons. The minimum atomic E-state index is -0.467. The maximum atomic E-state index is 14.3. The number of halogens is 2. The molecule has 0 bridgehead atoms. The zero-order valence-corrected chi connectivity index (χ0v) is 19.9. The van der Waals surface area contributed by atoms with Crippen molar-refractivity contribution in [2.24, 2.45) is 0 Å². The van der Waals surface area contributed by atoms with Crippen LogP contribution in [0.2, 0.25) is 5.02 Å². The molecule has 0 saturated heterocycles. The molecule has 1 aliphatic rings. The highest BCUT2D eigenvalue weighted by Gasteiger charge is 2.23. The molecule has 5 aromatic rings. The van der Waals surface area contributed by atoms with E-state index in [0.717, 1.165) is 17.0 Å². The second kappa shape index (κ2) is 9.52. The fourth-order valence-corrected chi connectivity index (χ4v) is 4.13. The van der Waals surface area contributed by atoms with Gasteiger partial charge in [0, 0.05) is 31.7 Å². The van der Waals surface area contributed by atoms with Crippen molar-refractivity contribution < 1.29 is 4.39 Å². The van der Waals surface area contributed by atoms with E-state index in [0.29, 0.717) is 36.8 Å². The van der Waals surface area contributed by atoms with Gasteiger partial charge in [-0.05, 0) is 36.5 Å². The van der Waals surface area contributed by atoms with Crippen molar-refractivity contribution in [1.82, 2.24) is 39.1 Å². The number of nitrogens with one attached hydrogen (secondary N) is 1. The van der Waals surface area contributed by atoms with Crippen molar-refractivity contribution in [3.05, 3.63) is 82.8 Å². The van der Waals surface area contributed by atoms with E-state index in [1.54, 1.807) is 21.6 Å².